The minimum Gasteiger partial charge on any atom is -0.457 e. The topological polar surface area (TPSA) is 380 Å². The first-order valence-corrected chi connectivity index (χ1v) is 30.3. The molecule has 2 heterocycles. The maximum Gasteiger partial charge on any atom is 0.408 e. The lowest BCUT2D eigenvalue weighted by molar-refractivity contribution is -0.314. The number of esters is 3. The summed E-state index contributed by atoms with van der Waals surface area (Å²) in [6.07, 6.45) is -21.3. The molecule has 2 aliphatic heterocycles. The van der Waals surface area contributed by atoms with Crippen molar-refractivity contribution in [2.75, 3.05) is 19.3 Å². The van der Waals surface area contributed by atoms with Crippen LogP contribution >= 0.6 is 0 Å². The Morgan fingerprint density at radius 3 is 1.42 bits per heavy atom. The third kappa shape index (κ3) is 27.4. The predicted octanol–water partition coefficient (Wildman–Crippen LogP) is 4.54. The molecular formula is C55H94N6O24S. The first kappa shape index (κ1) is 74.2. The molecule has 14 atom stereocenters. The summed E-state index contributed by atoms with van der Waals surface area (Å²) in [6, 6.07) is -5.88. The van der Waals surface area contributed by atoms with Gasteiger partial charge in [-0.2, -0.15) is 8.42 Å². The summed E-state index contributed by atoms with van der Waals surface area (Å²) in [4.78, 5) is 120. The maximum absolute atomic E-state index is 14.8. The zero-order valence-electron chi connectivity index (χ0n) is 53.2. The van der Waals surface area contributed by atoms with Crippen molar-refractivity contribution < 1.29 is 113 Å². The zero-order chi connectivity index (χ0) is 65.7. The van der Waals surface area contributed by atoms with Crippen LogP contribution in [0.25, 0.3) is 0 Å². The fourth-order valence-corrected chi connectivity index (χ4v) is 9.72. The molecule has 1 aliphatic carbocycles. The Kier molecular flexibility index (Phi) is 26.5. The molecule has 6 unspecified atom stereocenters. The van der Waals surface area contributed by atoms with Gasteiger partial charge in [-0.1, -0.05) is 6.92 Å². The summed E-state index contributed by atoms with van der Waals surface area (Å²) in [5.41, 5.74) is -5.06. The van der Waals surface area contributed by atoms with Crippen LogP contribution in [0, 0.1) is 0 Å². The smallest absolute Gasteiger partial charge is 0.408 e. The number of carbonyl (C=O) groups is 9. The Balaban J connectivity index is 2.46. The highest BCUT2D eigenvalue weighted by Crippen LogP contribution is 2.37. The third-order valence-electron chi connectivity index (χ3n) is 11.9. The number of ether oxygens (including phenoxy) is 12. The Bertz CT molecular complexity index is 2470. The number of hydrogen-bond donors (Lipinski definition) is 6. The standard InChI is InChI=1S/C55H94N6O24S/c1-21-35-40(74-29(3)63)37(61-50(70)84-55(17,18)19)41(75-30(4)64)45(77-35)79-38-33(58-43(65)36(73-28(2)62)24-25-56-46(66)80-51(5,6)7)26-34(60-49(69)83-54(14,15)16)39(42(38)85-86(20,71)72)78-44-32(59-48(68)82-53(11,12)13)23-22-31(76-44)27-57-47(67)81-52(8,9)10/h31-42,44-45H,21-27H2,1-20H3,(H,56,66)(H,57,67)(H,58,65)(H,59,68)(H,60,69)(H,61,70)/t31?,32?,33-,34+,35?,36+,37+,38-,39?,40+,41?,42?,44+,45+/m1/s1. The van der Waals surface area contributed by atoms with Gasteiger partial charge in [0.2, 0.25) is 0 Å². The summed E-state index contributed by atoms with van der Waals surface area (Å²) in [5.74, 6) is -3.83. The van der Waals surface area contributed by atoms with Crippen molar-refractivity contribution in [1.82, 2.24) is 31.9 Å². The second kappa shape index (κ2) is 30.7. The van der Waals surface area contributed by atoms with Crippen molar-refractivity contribution >= 4 is 64.4 Å². The molecule has 0 aromatic heterocycles. The van der Waals surface area contributed by atoms with Crippen molar-refractivity contribution in [3.63, 3.8) is 0 Å². The normalized spacial score (nSPS) is 26.8. The molecule has 6 N–H and O–H groups in total. The van der Waals surface area contributed by atoms with Gasteiger partial charge in [0.25, 0.3) is 16.0 Å². The second-order valence-corrected chi connectivity index (χ2v) is 27.6. The van der Waals surface area contributed by atoms with E-state index >= 15 is 0 Å². The van der Waals surface area contributed by atoms with Crippen LogP contribution < -0.4 is 31.9 Å². The molecule has 0 radical (unpaired) electrons. The van der Waals surface area contributed by atoms with Crippen molar-refractivity contribution in [2.45, 2.75) is 277 Å². The SMILES string of the molecule is CCC1O[C@@H](O[C@H]2C(OS(C)(=O)=O)C(O[C@@H]3OC(CNC(=O)OC(C)(C)C)CCC3NC(=O)OC(C)(C)C)[C@@H](NC(=O)OC(C)(C)C)C[C@H]2NC(=O)[C@H](CCNC(=O)OC(C)(C)C)OC(C)=O)C(OC(C)=O)[C@@H](NC(=O)OC(C)(C)C)[C@H]1OC(C)=O. The van der Waals surface area contributed by atoms with Gasteiger partial charge in [0.1, 0.15) is 52.4 Å². The van der Waals surface area contributed by atoms with Gasteiger partial charge >= 0.3 is 48.4 Å². The highest BCUT2D eigenvalue weighted by Gasteiger charge is 2.57. The lowest BCUT2D eigenvalue weighted by Gasteiger charge is -2.51. The number of carbonyl (C=O) groups excluding carboxylic acids is 9. The van der Waals surface area contributed by atoms with Crippen LogP contribution in [0.2, 0.25) is 0 Å². The maximum atomic E-state index is 14.8. The van der Waals surface area contributed by atoms with Gasteiger partial charge in [-0.15, -0.1) is 0 Å². The van der Waals surface area contributed by atoms with Crippen LogP contribution in [-0.2, 0) is 90.3 Å². The van der Waals surface area contributed by atoms with Crippen LogP contribution in [-0.4, -0.2) is 196 Å². The number of hydrogen-bond acceptors (Lipinski definition) is 24. The highest BCUT2D eigenvalue weighted by atomic mass is 32.2. The van der Waals surface area contributed by atoms with Crippen molar-refractivity contribution in [3.8, 4) is 0 Å². The van der Waals surface area contributed by atoms with Gasteiger partial charge in [0.05, 0.1) is 36.6 Å². The van der Waals surface area contributed by atoms with Gasteiger partial charge in [0, 0.05) is 40.3 Å². The van der Waals surface area contributed by atoms with Crippen molar-refractivity contribution in [3.05, 3.63) is 0 Å². The molecule has 0 aromatic carbocycles. The van der Waals surface area contributed by atoms with E-state index in [1.807, 2.05) is 0 Å². The van der Waals surface area contributed by atoms with Crippen LogP contribution in [0.3, 0.4) is 0 Å². The second-order valence-electron chi connectivity index (χ2n) is 26.0. The van der Waals surface area contributed by atoms with E-state index in [4.69, 9.17) is 61.0 Å². The predicted molar refractivity (Wildman–Crippen MR) is 302 cm³/mol. The monoisotopic (exact) mass is 1250 g/mol. The van der Waals surface area contributed by atoms with E-state index in [1.54, 1.807) is 111 Å². The number of nitrogens with one attached hydrogen (secondary N) is 6. The number of rotatable bonds is 20. The quantitative estimate of drug-likeness (QED) is 0.0553. The van der Waals surface area contributed by atoms with Gasteiger partial charge in [0.15, 0.2) is 30.9 Å². The summed E-state index contributed by atoms with van der Waals surface area (Å²) in [6.45, 7) is 28.4. The average molecular weight is 1260 g/mol. The molecule has 0 bridgehead atoms. The van der Waals surface area contributed by atoms with Crippen molar-refractivity contribution in [2.24, 2.45) is 0 Å². The lowest BCUT2D eigenvalue weighted by atomic mass is 9.82. The Morgan fingerprint density at radius 1 is 0.512 bits per heavy atom. The van der Waals surface area contributed by atoms with Gasteiger partial charge in [-0.05, 0) is 130 Å². The first-order chi connectivity index (χ1) is 39.2. The van der Waals surface area contributed by atoms with E-state index in [9.17, 15) is 51.6 Å². The van der Waals surface area contributed by atoms with Crippen molar-refractivity contribution in [1.29, 1.82) is 0 Å². The molecule has 1 saturated carbocycles. The average Bonchev–Trinajstić information content (AvgIpc) is 2.71. The van der Waals surface area contributed by atoms with E-state index in [2.05, 4.69) is 31.9 Å². The number of alkyl carbamates (subject to hydrolysis) is 5. The van der Waals surface area contributed by atoms with Crippen LogP contribution in [0.4, 0.5) is 24.0 Å². The van der Waals surface area contributed by atoms with Gasteiger partial charge in [-0.3, -0.25) is 23.4 Å². The molecule has 6 amide bonds. The van der Waals surface area contributed by atoms with Gasteiger partial charge < -0.3 is 88.7 Å². The highest BCUT2D eigenvalue weighted by molar-refractivity contribution is 7.86. The number of amides is 6. The van der Waals surface area contributed by atoms with E-state index in [-0.39, 0.29) is 38.8 Å². The van der Waals surface area contributed by atoms with Crippen LogP contribution in [0.15, 0.2) is 0 Å². The molecular weight excluding hydrogens is 1160 g/mol. The Hall–Kier alpha value is -6.02. The molecule has 3 rings (SSSR count). The van der Waals surface area contributed by atoms with Gasteiger partial charge in [-0.25, -0.2) is 24.0 Å². The van der Waals surface area contributed by atoms with E-state index in [0.29, 0.717) is 6.26 Å². The molecule has 86 heavy (non-hydrogen) atoms. The van der Waals surface area contributed by atoms with Crippen LogP contribution in [0.5, 0.6) is 0 Å². The summed E-state index contributed by atoms with van der Waals surface area (Å²) >= 11 is 0. The van der Waals surface area contributed by atoms with E-state index < -0.39 is 184 Å². The zero-order valence-corrected chi connectivity index (χ0v) is 54.1. The molecule has 31 heteroatoms. The fraction of sp³-hybridized carbons (Fsp3) is 0.836. The molecule has 3 fully saturated rings. The summed E-state index contributed by atoms with van der Waals surface area (Å²) in [5, 5.41) is 15.9. The van der Waals surface area contributed by atoms with E-state index in [1.165, 1.54) is 0 Å². The third-order valence-corrected chi connectivity index (χ3v) is 12.5. The Labute approximate surface area is 503 Å². The molecule has 30 nitrogen and oxygen atoms in total. The minimum atomic E-state index is -4.77. The minimum absolute atomic E-state index is 0.00914. The van der Waals surface area contributed by atoms with E-state index in [0.717, 1.165) is 20.8 Å². The molecule has 0 spiro atoms. The molecule has 2 saturated heterocycles. The largest absolute Gasteiger partial charge is 0.457 e. The van der Waals surface area contributed by atoms with Crippen LogP contribution in [0.1, 0.15) is 164 Å². The first-order valence-electron chi connectivity index (χ1n) is 28.4. The summed E-state index contributed by atoms with van der Waals surface area (Å²) in [7, 11) is -4.77. The lowest BCUT2D eigenvalue weighted by Crippen LogP contribution is -2.71. The summed E-state index contributed by atoms with van der Waals surface area (Å²) < 4.78 is 105. The molecule has 494 valence electrons. The fourth-order valence-electron chi connectivity index (χ4n) is 9.10. The Morgan fingerprint density at radius 2 is 0.953 bits per heavy atom. The molecule has 0 aromatic rings. The molecule has 3 aliphatic rings.